The molecule has 0 spiro atoms. The molecular weight excluding hydrogens is 178 g/mol. The lowest BCUT2D eigenvalue weighted by Gasteiger charge is -2.25. The van der Waals surface area contributed by atoms with Crippen molar-refractivity contribution in [2.45, 2.75) is 31.4 Å². The van der Waals surface area contributed by atoms with Crippen molar-refractivity contribution < 1.29 is 0 Å². The third-order valence-electron chi connectivity index (χ3n) is 2.90. The Kier molecular flexibility index (Phi) is 2.58. The Hall–Kier alpha value is -0.500. The van der Waals surface area contributed by atoms with Gasteiger partial charge in [-0.15, -0.1) is 0 Å². The molecule has 2 unspecified atom stereocenters. The molecule has 70 valence electrons. The second-order valence-electron chi connectivity index (χ2n) is 3.85. The van der Waals surface area contributed by atoms with Crippen molar-refractivity contribution in [3.63, 3.8) is 0 Å². The van der Waals surface area contributed by atoms with Gasteiger partial charge >= 0.3 is 0 Å². The molecule has 1 aliphatic rings. The molecule has 0 radical (unpaired) electrons. The van der Waals surface area contributed by atoms with Crippen LogP contribution in [-0.4, -0.2) is 10.2 Å². The molecule has 0 aliphatic heterocycles. The number of thiol groups is 1. The number of aryl methyl sites for hydroxylation is 1. The molecule has 1 heterocycles. The van der Waals surface area contributed by atoms with Gasteiger partial charge in [-0.05, 0) is 36.8 Å². The average molecular weight is 193 g/mol. The number of nitrogens with zero attached hydrogens (tertiary/aromatic N) is 1. The van der Waals surface area contributed by atoms with Crippen LogP contribution in [0, 0.1) is 5.92 Å². The zero-order valence-electron chi connectivity index (χ0n) is 7.90. The van der Waals surface area contributed by atoms with Crippen LogP contribution in [0.5, 0.6) is 0 Å². The Morgan fingerprint density at radius 3 is 3.23 bits per heavy atom. The third-order valence-corrected chi connectivity index (χ3v) is 3.32. The molecule has 0 bridgehead atoms. The number of fused-ring (bicyclic) bond motifs is 1. The van der Waals surface area contributed by atoms with E-state index < -0.39 is 0 Å². The summed E-state index contributed by atoms with van der Waals surface area (Å²) in [6, 6.07) is 4.23. The average Bonchev–Trinajstić information content (AvgIpc) is 2.17. The van der Waals surface area contributed by atoms with Crippen molar-refractivity contribution in [3.05, 3.63) is 29.6 Å². The molecule has 0 saturated carbocycles. The van der Waals surface area contributed by atoms with Gasteiger partial charge in [-0.3, -0.25) is 4.98 Å². The van der Waals surface area contributed by atoms with Gasteiger partial charge in [0.15, 0.2) is 0 Å². The van der Waals surface area contributed by atoms with Crippen LogP contribution >= 0.6 is 12.6 Å². The zero-order valence-corrected chi connectivity index (χ0v) is 8.80. The fourth-order valence-electron chi connectivity index (χ4n) is 2.00. The van der Waals surface area contributed by atoms with Crippen molar-refractivity contribution in [3.8, 4) is 0 Å². The van der Waals surface area contributed by atoms with E-state index >= 15 is 0 Å². The first-order valence-corrected chi connectivity index (χ1v) is 5.40. The van der Waals surface area contributed by atoms with Gasteiger partial charge in [-0.25, -0.2) is 0 Å². The van der Waals surface area contributed by atoms with E-state index in [4.69, 9.17) is 0 Å². The first-order chi connectivity index (χ1) is 6.27. The molecule has 1 nitrogen and oxygen atoms in total. The van der Waals surface area contributed by atoms with Crippen molar-refractivity contribution in [2.75, 3.05) is 0 Å². The number of rotatable bonds is 1. The number of hydrogen-bond acceptors (Lipinski definition) is 2. The van der Waals surface area contributed by atoms with E-state index in [2.05, 4.69) is 30.6 Å². The van der Waals surface area contributed by atoms with Gasteiger partial charge in [0.1, 0.15) is 0 Å². The summed E-state index contributed by atoms with van der Waals surface area (Å²) in [6.07, 6.45) is 5.43. The SMILES string of the molecule is CC(S)C1CCc2ncccc2C1. The second-order valence-corrected chi connectivity index (χ2v) is 4.67. The molecule has 2 rings (SSSR count). The summed E-state index contributed by atoms with van der Waals surface area (Å²) in [5.74, 6) is 0.736. The summed E-state index contributed by atoms with van der Waals surface area (Å²) >= 11 is 4.51. The van der Waals surface area contributed by atoms with Crippen LogP contribution in [0.4, 0.5) is 0 Å². The van der Waals surface area contributed by atoms with Gasteiger partial charge in [0.2, 0.25) is 0 Å². The molecule has 1 aliphatic carbocycles. The van der Waals surface area contributed by atoms with Crippen molar-refractivity contribution in [1.82, 2.24) is 4.98 Å². The smallest absolute Gasteiger partial charge is 0.0435 e. The minimum Gasteiger partial charge on any atom is -0.261 e. The predicted molar refractivity (Wildman–Crippen MR) is 58.2 cm³/mol. The summed E-state index contributed by atoms with van der Waals surface area (Å²) in [5, 5.41) is 0.508. The van der Waals surface area contributed by atoms with E-state index in [0.717, 1.165) is 18.8 Å². The maximum atomic E-state index is 4.51. The summed E-state index contributed by atoms with van der Waals surface area (Å²) in [7, 11) is 0. The molecule has 0 fully saturated rings. The standard InChI is InChI=1S/C11H15NS/c1-8(13)9-4-5-11-10(7-9)3-2-6-12-11/h2-3,6,8-9,13H,4-5,7H2,1H3. The van der Waals surface area contributed by atoms with Gasteiger partial charge < -0.3 is 0 Å². The fourth-order valence-corrected chi connectivity index (χ4v) is 2.26. The van der Waals surface area contributed by atoms with Gasteiger partial charge in [0.05, 0.1) is 0 Å². The maximum Gasteiger partial charge on any atom is 0.0435 e. The molecule has 13 heavy (non-hydrogen) atoms. The first kappa shape index (κ1) is 9.07. The largest absolute Gasteiger partial charge is 0.261 e. The lowest BCUT2D eigenvalue weighted by atomic mass is 9.85. The molecule has 2 atom stereocenters. The van der Waals surface area contributed by atoms with Gasteiger partial charge in [0, 0.05) is 17.1 Å². The van der Waals surface area contributed by atoms with E-state index in [1.165, 1.54) is 17.7 Å². The maximum absolute atomic E-state index is 4.51. The highest BCUT2D eigenvalue weighted by Crippen LogP contribution is 2.27. The van der Waals surface area contributed by atoms with Crippen molar-refractivity contribution >= 4 is 12.6 Å². The predicted octanol–water partition coefficient (Wildman–Crippen LogP) is 2.50. The van der Waals surface area contributed by atoms with E-state index in [1.54, 1.807) is 0 Å². The minimum absolute atomic E-state index is 0.508. The van der Waals surface area contributed by atoms with E-state index in [0.29, 0.717) is 5.25 Å². The molecular formula is C11H15NS. The highest BCUT2D eigenvalue weighted by atomic mass is 32.1. The summed E-state index contributed by atoms with van der Waals surface area (Å²) in [6.45, 7) is 2.19. The van der Waals surface area contributed by atoms with Crippen LogP contribution in [0.2, 0.25) is 0 Å². The van der Waals surface area contributed by atoms with Crippen molar-refractivity contribution in [2.24, 2.45) is 5.92 Å². The molecule has 0 saturated heterocycles. The monoisotopic (exact) mass is 193 g/mol. The number of aromatic nitrogens is 1. The third kappa shape index (κ3) is 1.88. The summed E-state index contributed by atoms with van der Waals surface area (Å²) < 4.78 is 0. The van der Waals surface area contributed by atoms with Crippen LogP contribution in [0.1, 0.15) is 24.6 Å². The Morgan fingerprint density at radius 2 is 2.46 bits per heavy atom. The number of pyridine rings is 1. The van der Waals surface area contributed by atoms with Gasteiger partial charge in [-0.1, -0.05) is 13.0 Å². The normalized spacial score (nSPS) is 23.7. The van der Waals surface area contributed by atoms with E-state index in [9.17, 15) is 0 Å². The van der Waals surface area contributed by atoms with Crippen LogP contribution in [0.3, 0.4) is 0 Å². The second kappa shape index (κ2) is 3.70. The fraction of sp³-hybridized carbons (Fsp3) is 0.545. The highest BCUT2D eigenvalue weighted by Gasteiger charge is 2.21. The number of hydrogen-bond donors (Lipinski definition) is 1. The van der Waals surface area contributed by atoms with Crippen LogP contribution in [0.15, 0.2) is 18.3 Å². The summed E-state index contributed by atoms with van der Waals surface area (Å²) in [5.41, 5.74) is 2.73. The zero-order chi connectivity index (χ0) is 9.26. The molecule has 1 aromatic rings. The van der Waals surface area contributed by atoms with E-state index in [-0.39, 0.29) is 0 Å². The topological polar surface area (TPSA) is 12.9 Å². The molecule has 0 amide bonds. The van der Waals surface area contributed by atoms with Crippen molar-refractivity contribution in [1.29, 1.82) is 0 Å². The Labute approximate surface area is 85.0 Å². The minimum atomic E-state index is 0.508. The quantitative estimate of drug-likeness (QED) is 0.676. The lowest BCUT2D eigenvalue weighted by molar-refractivity contribution is 0.451. The van der Waals surface area contributed by atoms with Gasteiger partial charge in [0.25, 0.3) is 0 Å². The van der Waals surface area contributed by atoms with Gasteiger partial charge in [-0.2, -0.15) is 12.6 Å². The Balaban J connectivity index is 2.20. The van der Waals surface area contributed by atoms with Crippen LogP contribution in [0.25, 0.3) is 0 Å². The van der Waals surface area contributed by atoms with E-state index in [1.807, 2.05) is 12.3 Å². The first-order valence-electron chi connectivity index (χ1n) is 4.88. The highest BCUT2D eigenvalue weighted by molar-refractivity contribution is 7.80. The molecule has 2 heteroatoms. The molecule has 0 aromatic carbocycles. The van der Waals surface area contributed by atoms with Crippen LogP contribution in [-0.2, 0) is 12.8 Å². The Bertz CT molecular complexity index is 296. The molecule has 1 aromatic heterocycles. The lowest BCUT2D eigenvalue weighted by Crippen LogP contribution is -2.21. The van der Waals surface area contributed by atoms with Crippen LogP contribution < -0.4 is 0 Å². The molecule has 0 N–H and O–H groups in total. The Morgan fingerprint density at radius 1 is 1.62 bits per heavy atom. The summed E-state index contributed by atoms with van der Waals surface area (Å²) in [4.78, 5) is 4.39.